The Balaban J connectivity index is 1.62. The average Bonchev–Trinajstić information content (AvgIpc) is 3.33. The zero-order chi connectivity index (χ0) is 34.7. The van der Waals surface area contributed by atoms with Crippen molar-refractivity contribution < 1.29 is 28.7 Å². The predicted molar refractivity (Wildman–Crippen MR) is 186 cm³/mol. The van der Waals surface area contributed by atoms with Gasteiger partial charge in [-0.1, -0.05) is 47.2 Å². The van der Waals surface area contributed by atoms with Crippen molar-refractivity contribution in [2.45, 2.75) is 46.4 Å². The molecule has 0 spiro atoms. The van der Waals surface area contributed by atoms with Crippen LogP contribution >= 0.6 is 38.9 Å². The van der Waals surface area contributed by atoms with Crippen LogP contribution in [0.2, 0.25) is 5.02 Å². The number of aromatic nitrogens is 1. The van der Waals surface area contributed by atoms with Gasteiger partial charge in [-0.25, -0.2) is 9.79 Å². The third kappa shape index (κ3) is 7.18. The van der Waals surface area contributed by atoms with Gasteiger partial charge in [-0.15, -0.1) is 0 Å². The number of ether oxygens (including phenoxy) is 4. The predicted octanol–water partition coefficient (Wildman–Crippen LogP) is 6.50. The van der Waals surface area contributed by atoms with Gasteiger partial charge in [0.25, 0.3) is 5.56 Å². The molecule has 2 heterocycles. The highest BCUT2D eigenvalue weighted by molar-refractivity contribution is 9.10. The second kappa shape index (κ2) is 14.8. The largest absolute Gasteiger partial charge is 0.493 e. The van der Waals surface area contributed by atoms with Gasteiger partial charge in [-0.05, 0) is 85.1 Å². The Morgan fingerprint density at radius 2 is 1.94 bits per heavy atom. The standard InChI is InChI=1S/C34H31BrClN3O8S/c1-6-45-33(41)29-19(4)37-34-38(30(29)21-11-12-26(47-18(2)3)27(16-21)44-5)32(40)28(48-34)15-20-13-23(35)31(25(14-20)39(42)43)46-17-22-9-7-8-10-24(22)36/h7-16,18,30H,6,17H2,1-5H3/b28-15+/t30-/m0/s1. The van der Waals surface area contributed by atoms with Gasteiger partial charge in [0.2, 0.25) is 5.75 Å². The molecule has 0 saturated carbocycles. The number of benzene rings is 3. The van der Waals surface area contributed by atoms with Gasteiger partial charge in [0, 0.05) is 16.7 Å². The van der Waals surface area contributed by atoms with Crippen molar-refractivity contribution in [3.63, 3.8) is 0 Å². The molecule has 1 aliphatic heterocycles. The summed E-state index contributed by atoms with van der Waals surface area (Å²) in [5, 5.41) is 12.6. The summed E-state index contributed by atoms with van der Waals surface area (Å²) in [6, 6.07) is 14.3. The number of esters is 1. The number of rotatable bonds is 11. The number of carbonyl (C=O) groups excluding carboxylic acids is 1. The molecule has 1 atom stereocenters. The fourth-order valence-electron chi connectivity index (χ4n) is 5.19. The average molecular weight is 757 g/mol. The Kier molecular flexibility index (Phi) is 10.7. The van der Waals surface area contributed by atoms with Crippen molar-refractivity contribution in [1.82, 2.24) is 4.57 Å². The maximum absolute atomic E-state index is 14.1. The van der Waals surface area contributed by atoms with Crippen molar-refractivity contribution in [1.29, 1.82) is 0 Å². The molecule has 3 aromatic carbocycles. The maximum Gasteiger partial charge on any atom is 0.338 e. The molecule has 48 heavy (non-hydrogen) atoms. The molecule has 0 amide bonds. The lowest BCUT2D eigenvalue weighted by molar-refractivity contribution is -0.386. The maximum atomic E-state index is 14.1. The van der Waals surface area contributed by atoms with E-state index in [2.05, 4.69) is 20.9 Å². The first kappa shape index (κ1) is 34.9. The molecule has 0 aliphatic carbocycles. The van der Waals surface area contributed by atoms with Gasteiger partial charge in [-0.2, -0.15) is 0 Å². The summed E-state index contributed by atoms with van der Waals surface area (Å²) < 4.78 is 24.7. The molecule has 0 radical (unpaired) electrons. The zero-order valence-electron chi connectivity index (χ0n) is 26.6. The minimum atomic E-state index is -0.897. The Morgan fingerprint density at radius 1 is 1.19 bits per heavy atom. The van der Waals surface area contributed by atoms with Gasteiger partial charge < -0.3 is 18.9 Å². The van der Waals surface area contributed by atoms with E-state index >= 15 is 0 Å². The molecule has 0 unspecified atom stereocenters. The number of hydrogen-bond acceptors (Lipinski definition) is 10. The highest BCUT2D eigenvalue weighted by Gasteiger charge is 2.34. The number of nitrogens with zero attached hydrogens (tertiary/aromatic N) is 3. The first-order valence-electron chi connectivity index (χ1n) is 14.8. The molecule has 0 saturated heterocycles. The van der Waals surface area contributed by atoms with E-state index in [1.807, 2.05) is 13.8 Å². The number of hydrogen-bond donors (Lipinski definition) is 0. The van der Waals surface area contributed by atoms with Gasteiger partial charge in [0.15, 0.2) is 16.3 Å². The van der Waals surface area contributed by atoms with Crippen LogP contribution in [0.1, 0.15) is 50.4 Å². The smallest absolute Gasteiger partial charge is 0.338 e. The van der Waals surface area contributed by atoms with Gasteiger partial charge >= 0.3 is 11.7 Å². The second-order valence-corrected chi connectivity index (χ2v) is 13.1. The second-order valence-electron chi connectivity index (χ2n) is 10.9. The SMILES string of the molecule is CCOC(=O)C1=C(C)N=c2s/c(=C/c3cc(Br)c(OCc4ccccc4Cl)c([N+](=O)[O-])c3)c(=O)n2[C@H]1c1ccc(OC(C)C)c(OC)c1. The van der Waals surface area contributed by atoms with Crippen molar-refractivity contribution in [2.24, 2.45) is 4.99 Å². The van der Waals surface area contributed by atoms with E-state index in [-0.39, 0.29) is 40.9 Å². The highest BCUT2D eigenvalue weighted by Crippen LogP contribution is 2.38. The molecule has 1 aliphatic rings. The number of nitro groups is 1. The lowest BCUT2D eigenvalue weighted by Gasteiger charge is -2.25. The molecule has 0 N–H and O–H groups in total. The Labute approximate surface area is 293 Å². The third-order valence-electron chi connectivity index (χ3n) is 7.25. The van der Waals surface area contributed by atoms with Crippen LogP contribution in [0.25, 0.3) is 6.08 Å². The summed E-state index contributed by atoms with van der Waals surface area (Å²) >= 11 is 10.7. The summed E-state index contributed by atoms with van der Waals surface area (Å²) in [4.78, 5) is 44.0. The molecule has 0 bridgehead atoms. The van der Waals surface area contributed by atoms with E-state index in [0.717, 1.165) is 11.3 Å². The summed E-state index contributed by atoms with van der Waals surface area (Å²) in [7, 11) is 1.51. The van der Waals surface area contributed by atoms with Crippen LogP contribution in [0, 0.1) is 10.1 Å². The van der Waals surface area contributed by atoms with Crippen LogP contribution in [0.15, 0.2) is 80.1 Å². The molecular weight excluding hydrogens is 726 g/mol. The first-order chi connectivity index (χ1) is 22.9. The van der Waals surface area contributed by atoms with Gasteiger partial charge in [-0.3, -0.25) is 19.5 Å². The van der Waals surface area contributed by atoms with E-state index in [0.29, 0.717) is 48.2 Å². The quantitative estimate of drug-likeness (QED) is 0.0964. The van der Waals surface area contributed by atoms with Crippen molar-refractivity contribution in [3.05, 3.63) is 122 Å². The fraction of sp³-hybridized carbons (Fsp3) is 0.265. The molecule has 11 nitrogen and oxygen atoms in total. The van der Waals surface area contributed by atoms with Crippen molar-refractivity contribution in [2.75, 3.05) is 13.7 Å². The lowest BCUT2D eigenvalue weighted by atomic mass is 9.95. The Morgan fingerprint density at radius 3 is 2.60 bits per heavy atom. The molecule has 5 rings (SSSR count). The molecule has 14 heteroatoms. The third-order valence-corrected chi connectivity index (χ3v) is 9.19. The number of carbonyl (C=O) groups is 1. The molecule has 250 valence electrons. The van der Waals surface area contributed by atoms with E-state index in [1.165, 1.54) is 17.7 Å². The zero-order valence-corrected chi connectivity index (χ0v) is 29.8. The number of halogens is 2. The first-order valence-corrected chi connectivity index (χ1v) is 16.8. The van der Waals surface area contributed by atoms with Crippen LogP contribution in [0.4, 0.5) is 5.69 Å². The highest BCUT2D eigenvalue weighted by atomic mass is 79.9. The molecular formula is C34H31BrClN3O8S. The summed E-state index contributed by atoms with van der Waals surface area (Å²) in [6.07, 6.45) is 1.43. The van der Waals surface area contributed by atoms with E-state index in [4.69, 9.17) is 30.5 Å². The van der Waals surface area contributed by atoms with Gasteiger partial charge in [0.05, 0.1) is 51.1 Å². The molecule has 4 aromatic rings. The van der Waals surface area contributed by atoms with Crippen LogP contribution < -0.4 is 29.1 Å². The van der Waals surface area contributed by atoms with Crippen molar-refractivity contribution in [3.8, 4) is 17.2 Å². The van der Waals surface area contributed by atoms with E-state index in [1.54, 1.807) is 68.5 Å². The summed E-state index contributed by atoms with van der Waals surface area (Å²) in [5.74, 6) is 0.349. The van der Waals surface area contributed by atoms with E-state index in [9.17, 15) is 19.7 Å². The van der Waals surface area contributed by atoms with Gasteiger partial charge in [0.1, 0.15) is 6.61 Å². The van der Waals surface area contributed by atoms with E-state index < -0.39 is 22.5 Å². The topological polar surface area (TPSA) is 131 Å². The number of allylic oxidation sites excluding steroid dienone is 1. The fourth-order valence-corrected chi connectivity index (χ4v) is 7.01. The number of nitro benzene ring substituents is 1. The summed E-state index contributed by atoms with van der Waals surface area (Å²) in [6.45, 7) is 7.31. The molecule has 1 aromatic heterocycles. The lowest BCUT2D eigenvalue weighted by Crippen LogP contribution is -2.40. The minimum absolute atomic E-state index is 0.00850. The van der Waals surface area contributed by atoms with Crippen LogP contribution in [-0.2, 0) is 16.1 Å². The Bertz CT molecular complexity index is 2130. The number of methoxy groups -OCH3 is 1. The van der Waals surface area contributed by atoms with Crippen molar-refractivity contribution >= 4 is 56.6 Å². The minimum Gasteiger partial charge on any atom is -0.493 e. The Hall–Kier alpha value is -4.46. The molecule has 0 fully saturated rings. The van der Waals surface area contributed by atoms with Crippen LogP contribution in [-0.4, -0.2) is 35.3 Å². The number of thiazole rings is 1. The number of fused-ring (bicyclic) bond motifs is 1. The summed E-state index contributed by atoms with van der Waals surface area (Å²) in [5.41, 5.74) is 1.46. The van der Waals surface area contributed by atoms with Crippen LogP contribution in [0.3, 0.4) is 0 Å². The monoisotopic (exact) mass is 755 g/mol. The van der Waals surface area contributed by atoms with Crippen LogP contribution in [0.5, 0.6) is 17.2 Å². The normalized spacial score (nSPS) is 14.4.